The first-order valence-corrected chi connectivity index (χ1v) is 15.2. The number of fused-ring (bicyclic) bond motifs is 4. The fraction of sp³-hybridized carbons (Fsp3) is 0.333. The Morgan fingerprint density at radius 2 is 0.891 bits per heavy atom. The van der Waals surface area contributed by atoms with E-state index < -0.39 is 70.1 Å². The Hall–Kier alpha value is -5.12. The molecule has 0 N–H and O–H groups in total. The summed E-state index contributed by atoms with van der Waals surface area (Å²) in [5.41, 5.74) is 0.839. The summed E-state index contributed by atoms with van der Waals surface area (Å²) in [5.74, 6) is -7.22. The zero-order valence-electron chi connectivity index (χ0n) is 26.2. The van der Waals surface area contributed by atoms with Crippen LogP contribution < -0.4 is 19.3 Å². The Morgan fingerprint density at radius 3 is 1.24 bits per heavy atom. The van der Waals surface area contributed by atoms with Gasteiger partial charge in [0.15, 0.2) is 0 Å². The molecule has 7 rings (SSSR count). The number of para-hydroxylation sites is 2. The average molecular weight is 621 g/mol. The zero-order valence-corrected chi connectivity index (χ0v) is 26.2. The smallest absolute Gasteiger partial charge is 0.320 e. The molecule has 0 aliphatic carbocycles. The molecule has 0 aromatic heterocycles. The van der Waals surface area contributed by atoms with Gasteiger partial charge in [-0.25, -0.2) is 9.80 Å². The summed E-state index contributed by atoms with van der Waals surface area (Å²) in [6, 6.07) is 16.8. The monoisotopic (exact) mass is 620 g/mol. The predicted molar refractivity (Wildman–Crippen MR) is 165 cm³/mol. The van der Waals surface area contributed by atoms with E-state index >= 15 is 0 Å². The van der Waals surface area contributed by atoms with Gasteiger partial charge in [-0.15, -0.1) is 0 Å². The van der Waals surface area contributed by atoms with Crippen molar-refractivity contribution in [2.75, 3.05) is 9.80 Å². The van der Waals surface area contributed by atoms with Gasteiger partial charge in [0.25, 0.3) is 0 Å². The van der Waals surface area contributed by atoms with Crippen LogP contribution >= 0.6 is 0 Å². The minimum atomic E-state index is -1.10. The number of hydrogen-bond donors (Lipinski definition) is 0. The van der Waals surface area contributed by atoms with Crippen molar-refractivity contribution in [1.29, 1.82) is 0 Å². The Balaban J connectivity index is 1.29. The van der Waals surface area contributed by atoms with E-state index in [0.717, 1.165) is 9.80 Å². The quantitative estimate of drug-likeness (QED) is 0.286. The summed E-state index contributed by atoms with van der Waals surface area (Å²) in [7, 11) is 0. The minimum Gasteiger partial charge on any atom is -0.426 e. The summed E-state index contributed by atoms with van der Waals surface area (Å²) < 4.78 is 11.4. The van der Waals surface area contributed by atoms with Gasteiger partial charge in [0.05, 0.1) is 23.2 Å². The number of esters is 2. The van der Waals surface area contributed by atoms with E-state index in [9.17, 15) is 28.8 Å². The molecule has 4 aliphatic rings. The number of carbonyl (C=O) groups excluding carboxylic acids is 6. The zero-order chi connectivity index (χ0) is 33.0. The van der Waals surface area contributed by atoms with Crippen molar-refractivity contribution in [3.05, 3.63) is 82.9 Å². The third-order valence-electron chi connectivity index (χ3n) is 9.10. The van der Waals surface area contributed by atoms with E-state index in [2.05, 4.69) is 0 Å². The van der Waals surface area contributed by atoms with Crippen molar-refractivity contribution in [1.82, 2.24) is 0 Å². The number of ether oxygens (including phenoxy) is 2. The minimum absolute atomic E-state index is 0.143. The van der Waals surface area contributed by atoms with Crippen molar-refractivity contribution in [2.24, 2.45) is 10.8 Å². The summed E-state index contributed by atoms with van der Waals surface area (Å²) in [6.45, 7) is 10.3. The second-order valence-corrected chi connectivity index (χ2v) is 14.3. The molecular formula is C36H32N2O8. The van der Waals surface area contributed by atoms with Gasteiger partial charge in [-0.2, -0.15) is 0 Å². The maximum absolute atomic E-state index is 14.0. The number of anilines is 2. The highest BCUT2D eigenvalue weighted by Gasteiger charge is 2.55. The number of nitrogens with zero attached hydrogens (tertiary/aromatic N) is 2. The van der Waals surface area contributed by atoms with Crippen molar-refractivity contribution < 1.29 is 38.2 Å². The molecule has 0 radical (unpaired) electrons. The van der Waals surface area contributed by atoms with Gasteiger partial charge in [-0.05, 0) is 35.4 Å². The van der Waals surface area contributed by atoms with Crippen LogP contribution in [0.25, 0.3) is 0 Å². The van der Waals surface area contributed by atoms with Crippen molar-refractivity contribution in [3.8, 4) is 11.5 Å². The third kappa shape index (κ3) is 4.08. The number of carbonyl (C=O) groups is 6. The van der Waals surface area contributed by atoms with E-state index in [1.807, 2.05) is 0 Å². The van der Waals surface area contributed by atoms with Gasteiger partial charge in [0.1, 0.15) is 23.3 Å². The second kappa shape index (κ2) is 9.69. The fourth-order valence-corrected chi connectivity index (χ4v) is 6.91. The third-order valence-corrected chi connectivity index (χ3v) is 9.10. The molecule has 0 spiro atoms. The first kappa shape index (κ1) is 29.6. The summed E-state index contributed by atoms with van der Waals surface area (Å²) in [4.78, 5) is 84.0. The summed E-state index contributed by atoms with van der Waals surface area (Å²) >= 11 is 0. The lowest BCUT2D eigenvalue weighted by atomic mass is 9.80. The Labute approximate surface area is 265 Å². The predicted octanol–water partition coefficient (Wildman–Crippen LogP) is 5.10. The normalized spacial score (nSPS) is 23.2. The van der Waals surface area contributed by atoms with Gasteiger partial charge in [-0.3, -0.25) is 28.8 Å². The first-order chi connectivity index (χ1) is 21.6. The van der Waals surface area contributed by atoms with Crippen LogP contribution in [0.4, 0.5) is 11.4 Å². The van der Waals surface area contributed by atoms with E-state index in [1.54, 1.807) is 90.1 Å². The molecule has 0 fully saturated rings. The lowest BCUT2D eigenvalue weighted by Crippen LogP contribution is -2.43. The molecular weight excluding hydrogens is 588 g/mol. The van der Waals surface area contributed by atoms with Crippen LogP contribution in [-0.4, -0.2) is 35.6 Å². The number of benzene rings is 3. The number of imide groups is 2. The van der Waals surface area contributed by atoms with Gasteiger partial charge < -0.3 is 9.47 Å². The lowest BCUT2D eigenvalue weighted by molar-refractivity contribution is -0.138. The summed E-state index contributed by atoms with van der Waals surface area (Å²) in [6.07, 6.45) is 0. The van der Waals surface area contributed by atoms with Gasteiger partial charge in [0, 0.05) is 22.0 Å². The van der Waals surface area contributed by atoms with Crippen molar-refractivity contribution >= 4 is 46.9 Å². The highest BCUT2D eigenvalue weighted by atomic mass is 16.5. The Kier molecular flexibility index (Phi) is 6.23. The highest BCUT2D eigenvalue weighted by molar-refractivity contribution is 6.24. The maximum atomic E-state index is 14.0. The number of rotatable bonds is 2. The van der Waals surface area contributed by atoms with Gasteiger partial charge >= 0.3 is 11.9 Å². The second-order valence-electron chi connectivity index (χ2n) is 14.3. The molecule has 4 unspecified atom stereocenters. The Morgan fingerprint density at radius 1 is 0.543 bits per heavy atom. The molecule has 234 valence electrons. The fourth-order valence-electron chi connectivity index (χ4n) is 6.91. The molecule has 3 aromatic carbocycles. The molecule has 4 heterocycles. The molecule has 4 amide bonds. The van der Waals surface area contributed by atoms with Crippen molar-refractivity contribution in [3.63, 3.8) is 0 Å². The Bertz CT molecular complexity index is 1790. The maximum Gasteiger partial charge on any atom is 0.320 e. The topological polar surface area (TPSA) is 127 Å². The van der Waals surface area contributed by atoms with E-state index in [0.29, 0.717) is 33.6 Å². The van der Waals surface area contributed by atoms with Crippen molar-refractivity contribution in [2.45, 2.75) is 65.2 Å². The molecule has 0 bridgehead atoms. The molecule has 10 heteroatoms. The first-order valence-electron chi connectivity index (χ1n) is 15.2. The van der Waals surface area contributed by atoms with Crippen LogP contribution in [0, 0.1) is 10.8 Å². The molecule has 3 aromatic rings. The van der Waals surface area contributed by atoms with Gasteiger partial charge in [-0.1, -0.05) is 77.9 Å². The lowest BCUT2D eigenvalue weighted by Gasteiger charge is -2.25. The van der Waals surface area contributed by atoms with Crippen LogP contribution in [0.3, 0.4) is 0 Å². The molecule has 0 saturated carbocycles. The molecule has 4 aliphatic heterocycles. The number of hydrogen-bond acceptors (Lipinski definition) is 8. The van der Waals surface area contributed by atoms with Crippen LogP contribution in [0.1, 0.15) is 87.5 Å². The standard InChI is InChI=1S/C36H32N2O8/c1-35(2,3)33(43)37-21-13-9-7-11-17(21)25(29(37)39)27-19-15-24-20(16-23(19)45-31(27)41)28(32(42)46-24)26-18-12-8-10-14-22(18)38(30(26)40)34(44)36(4,5)6/h7-16,25-28H,1-6H3. The molecule has 10 nitrogen and oxygen atoms in total. The van der Waals surface area contributed by atoms with Crippen LogP contribution in [0.5, 0.6) is 11.5 Å². The van der Waals surface area contributed by atoms with Gasteiger partial charge in [0.2, 0.25) is 23.6 Å². The number of amides is 4. The van der Waals surface area contributed by atoms with Crippen LogP contribution in [0.2, 0.25) is 0 Å². The van der Waals surface area contributed by atoms with Crippen LogP contribution in [0.15, 0.2) is 60.7 Å². The largest absolute Gasteiger partial charge is 0.426 e. The summed E-state index contributed by atoms with van der Waals surface area (Å²) in [5, 5.41) is 0. The molecule has 4 atom stereocenters. The molecule has 0 saturated heterocycles. The SMILES string of the molecule is CC(C)(C)C(=O)N1C(=O)C(C2C(=O)Oc3cc4c(cc32)OC(=O)C4C2C(=O)N(C(=O)C(C)(C)C)c3ccccc32)c2ccccc21. The average Bonchev–Trinajstić information content (AvgIpc) is 3.65. The van der Waals surface area contributed by atoms with E-state index in [4.69, 9.17) is 9.47 Å². The highest BCUT2D eigenvalue weighted by Crippen LogP contribution is 2.56. The van der Waals surface area contributed by atoms with Crippen LogP contribution in [-0.2, 0) is 28.8 Å². The molecule has 46 heavy (non-hydrogen) atoms. The van der Waals surface area contributed by atoms with E-state index in [-0.39, 0.29) is 11.5 Å². The van der Waals surface area contributed by atoms with E-state index in [1.165, 1.54) is 12.1 Å².